The summed E-state index contributed by atoms with van der Waals surface area (Å²) in [5.41, 5.74) is 0.925. The highest BCUT2D eigenvalue weighted by atomic mass is 19.4. The second-order valence-corrected chi connectivity index (χ2v) is 5.91. The standard InChI is InChI=1S/C18H13F3N6O4/c1-28-14-5-10(7-23-17(14)29-2)15-25-26-16(30-15)12-6-11(31-18(19,20)21)3-4-13(12)27-9-22-8-24-27/h3-9H,1-2H3. The third-order valence-corrected chi connectivity index (χ3v) is 4.00. The molecular formula is C18H13F3N6O4. The maximum absolute atomic E-state index is 12.7. The van der Waals surface area contributed by atoms with Gasteiger partial charge < -0.3 is 18.6 Å². The highest BCUT2D eigenvalue weighted by molar-refractivity contribution is 5.69. The quantitative estimate of drug-likeness (QED) is 0.451. The maximum Gasteiger partial charge on any atom is 0.573 e. The van der Waals surface area contributed by atoms with E-state index in [1.54, 1.807) is 6.07 Å². The molecule has 0 aliphatic heterocycles. The Morgan fingerprint density at radius 2 is 1.84 bits per heavy atom. The summed E-state index contributed by atoms with van der Waals surface area (Å²) in [6.07, 6.45) is -0.783. The van der Waals surface area contributed by atoms with Gasteiger partial charge in [-0.15, -0.1) is 23.4 Å². The summed E-state index contributed by atoms with van der Waals surface area (Å²) in [5, 5.41) is 11.9. The maximum atomic E-state index is 12.7. The Kier molecular flexibility index (Phi) is 5.15. The van der Waals surface area contributed by atoms with E-state index in [1.165, 1.54) is 43.8 Å². The lowest BCUT2D eigenvalue weighted by Gasteiger charge is -2.12. The first kappa shape index (κ1) is 20.1. The molecule has 4 aromatic rings. The molecule has 0 N–H and O–H groups in total. The Morgan fingerprint density at radius 3 is 2.52 bits per heavy atom. The summed E-state index contributed by atoms with van der Waals surface area (Å²) in [7, 11) is 2.89. The molecule has 0 spiro atoms. The molecule has 0 aliphatic rings. The SMILES string of the molecule is COc1cc(-c2nnc(-c3cc(OC(F)(F)F)ccc3-n3cncn3)o2)cnc1OC. The van der Waals surface area contributed by atoms with Crippen molar-refractivity contribution in [1.82, 2.24) is 29.9 Å². The highest BCUT2D eigenvalue weighted by Crippen LogP contribution is 2.34. The van der Waals surface area contributed by atoms with Gasteiger partial charge in [-0.1, -0.05) is 0 Å². The Morgan fingerprint density at radius 1 is 1.03 bits per heavy atom. The molecule has 0 saturated carbocycles. The first-order chi connectivity index (χ1) is 14.9. The topological polar surface area (TPSA) is 110 Å². The lowest BCUT2D eigenvalue weighted by molar-refractivity contribution is -0.274. The van der Waals surface area contributed by atoms with Gasteiger partial charge in [0.15, 0.2) is 5.75 Å². The Labute approximate surface area is 172 Å². The van der Waals surface area contributed by atoms with E-state index in [2.05, 4.69) is 30.0 Å². The van der Waals surface area contributed by atoms with Gasteiger partial charge in [-0.05, 0) is 18.2 Å². The average Bonchev–Trinajstić information content (AvgIpc) is 3.44. The molecule has 3 heterocycles. The number of rotatable bonds is 6. The van der Waals surface area contributed by atoms with Crippen LogP contribution in [0.5, 0.6) is 17.4 Å². The zero-order valence-corrected chi connectivity index (χ0v) is 16.0. The van der Waals surface area contributed by atoms with E-state index in [0.29, 0.717) is 17.0 Å². The first-order valence-corrected chi connectivity index (χ1v) is 8.55. The number of aromatic nitrogens is 6. The molecule has 4 rings (SSSR count). The molecule has 0 aliphatic carbocycles. The number of hydrogen-bond acceptors (Lipinski definition) is 9. The average molecular weight is 434 g/mol. The molecule has 0 fully saturated rings. The van der Waals surface area contributed by atoms with E-state index in [4.69, 9.17) is 13.9 Å². The normalized spacial score (nSPS) is 11.4. The number of alkyl halides is 3. The Bertz CT molecular complexity index is 1190. The third kappa shape index (κ3) is 4.24. The monoisotopic (exact) mass is 434 g/mol. The number of halogens is 3. The van der Waals surface area contributed by atoms with E-state index in [-0.39, 0.29) is 23.2 Å². The molecule has 0 amide bonds. The lowest BCUT2D eigenvalue weighted by atomic mass is 10.1. The minimum absolute atomic E-state index is 0.0649. The van der Waals surface area contributed by atoms with Gasteiger partial charge in [0.1, 0.15) is 18.4 Å². The fourth-order valence-corrected chi connectivity index (χ4v) is 2.71. The smallest absolute Gasteiger partial charge is 0.491 e. The van der Waals surface area contributed by atoms with Crippen molar-refractivity contribution < 1.29 is 31.8 Å². The molecule has 10 nitrogen and oxygen atoms in total. The number of pyridine rings is 1. The number of benzene rings is 1. The summed E-state index contributed by atoms with van der Waals surface area (Å²) >= 11 is 0. The Balaban J connectivity index is 1.77. The van der Waals surface area contributed by atoms with Crippen molar-refractivity contribution in [3.8, 4) is 46.0 Å². The molecule has 160 valence electrons. The van der Waals surface area contributed by atoms with Crippen LogP contribution in [0.2, 0.25) is 0 Å². The number of methoxy groups -OCH3 is 2. The fraction of sp³-hybridized carbons (Fsp3) is 0.167. The van der Waals surface area contributed by atoms with Crippen molar-refractivity contribution in [1.29, 1.82) is 0 Å². The second-order valence-electron chi connectivity index (χ2n) is 5.91. The number of nitrogens with zero attached hydrogens (tertiary/aromatic N) is 6. The first-order valence-electron chi connectivity index (χ1n) is 8.55. The van der Waals surface area contributed by atoms with Gasteiger partial charge in [0, 0.05) is 12.3 Å². The van der Waals surface area contributed by atoms with Crippen LogP contribution >= 0.6 is 0 Å². The molecule has 0 unspecified atom stereocenters. The van der Waals surface area contributed by atoms with Crippen molar-refractivity contribution in [2.24, 2.45) is 0 Å². The largest absolute Gasteiger partial charge is 0.573 e. The van der Waals surface area contributed by atoms with Gasteiger partial charge in [0.25, 0.3) is 5.88 Å². The number of hydrogen-bond donors (Lipinski definition) is 0. The lowest BCUT2D eigenvalue weighted by Crippen LogP contribution is -2.17. The third-order valence-electron chi connectivity index (χ3n) is 4.00. The van der Waals surface area contributed by atoms with Crippen LogP contribution in [0, 0.1) is 0 Å². The van der Waals surface area contributed by atoms with Crippen molar-refractivity contribution in [3.05, 3.63) is 43.1 Å². The predicted molar refractivity (Wildman–Crippen MR) is 97.7 cm³/mol. The van der Waals surface area contributed by atoms with E-state index in [1.807, 2.05) is 0 Å². The molecule has 0 saturated heterocycles. The van der Waals surface area contributed by atoms with Crippen molar-refractivity contribution in [3.63, 3.8) is 0 Å². The van der Waals surface area contributed by atoms with Crippen molar-refractivity contribution >= 4 is 0 Å². The minimum Gasteiger partial charge on any atom is -0.491 e. The van der Waals surface area contributed by atoms with Crippen LogP contribution < -0.4 is 14.2 Å². The molecule has 0 radical (unpaired) electrons. The summed E-state index contributed by atoms with van der Waals surface area (Å²) in [6, 6.07) is 5.20. The van der Waals surface area contributed by atoms with Gasteiger partial charge in [0.2, 0.25) is 11.8 Å². The van der Waals surface area contributed by atoms with Crippen LogP contribution in [0.1, 0.15) is 0 Å². The highest BCUT2D eigenvalue weighted by Gasteiger charge is 2.31. The molecule has 1 aromatic carbocycles. The molecular weight excluding hydrogens is 421 g/mol. The van der Waals surface area contributed by atoms with Gasteiger partial charge in [0.05, 0.1) is 31.0 Å². The predicted octanol–water partition coefficient (Wildman–Crippen LogP) is 3.30. The van der Waals surface area contributed by atoms with Gasteiger partial charge in [-0.25, -0.2) is 14.6 Å². The summed E-state index contributed by atoms with van der Waals surface area (Å²) in [4.78, 5) is 7.94. The summed E-state index contributed by atoms with van der Waals surface area (Å²) < 4.78 is 59.4. The number of ether oxygens (including phenoxy) is 3. The van der Waals surface area contributed by atoms with Gasteiger partial charge >= 0.3 is 6.36 Å². The van der Waals surface area contributed by atoms with Crippen LogP contribution in [0.15, 0.2) is 47.5 Å². The Hall–Kier alpha value is -4.16. The molecule has 31 heavy (non-hydrogen) atoms. The van der Waals surface area contributed by atoms with Crippen LogP contribution in [0.3, 0.4) is 0 Å². The second kappa shape index (κ2) is 7.93. The van der Waals surface area contributed by atoms with Crippen molar-refractivity contribution in [2.75, 3.05) is 14.2 Å². The van der Waals surface area contributed by atoms with Crippen LogP contribution in [0.4, 0.5) is 13.2 Å². The van der Waals surface area contributed by atoms with E-state index < -0.39 is 12.1 Å². The van der Waals surface area contributed by atoms with Crippen LogP contribution in [0.25, 0.3) is 28.6 Å². The fourth-order valence-electron chi connectivity index (χ4n) is 2.71. The van der Waals surface area contributed by atoms with Crippen LogP contribution in [-0.2, 0) is 0 Å². The van der Waals surface area contributed by atoms with E-state index in [9.17, 15) is 13.2 Å². The summed E-state index contributed by atoms with van der Waals surface area (Å²) in [6.45, 7) is 0. The van der Waals surface area contributed by atoms with Crippen LogP contribution in [-0.4, -0.2) is 50.5 Å². The minimum atomic E-state index is -4.86. The van der Waals surface area contributed by atoms with Gasteiger partial charge in [-0.2, -0.15) is 5.10 Å². The van der Waals surface area contributed by atoms with Crippen molar-refractivity contribution in [2.45, 2.75) is 6.36 Å². The van der Waals surface area contributed by atoms with E-state index in [0.717, 1.165) is 12.1 Å². The summed E-state index contributed by atoms with van der Waals surface area (Å²) in [5.74, 6) is 0.136. The van der Waals surface area contributed by atoms with Gasteiger partial charge in [-0.3, -0.25) is 0 Å². The molecule has 13 heteroatoms. The zero-order valence-electron chi connectivity index (χ0n) is 16.0. The molecule has 3 aromatic heterocycles. The van der Waals surface area contributed by atoms with E-state index >= 15 is 0 Å². The molecule has 0 bridgehead atoms. The zero-order chi connectivity index (χ0) is 22.0. The molecule has 0 atom stereocenters.